The molecule has 0 N–H and O–H groups in total. The fourth-order valence-electron chi connectivity index (χ4n) is 1.98. The predicted molar refractivity (Wildman–Crippen MR) is 82.1 cm³/mol. The summed E-state index contributed by atoms with van der Waals surface area (Å²) in [6, 6.07) is 25.5. The molecule has 0 heterocycles. The van der Waals surface area contributed by atoms with Gasteiger partial charge in [0.2, 0.25) is 0 Å². The van der Waals surface area contributed by atoms with E-state index in [1.807, 2.05) is 60.7 Å². The van der Waals surface area contributed by atoms with Crippen molar-refractivity contribution in [2.24, 2.45) is 0 Å². The van der Waals surface area contributed by atoms with Gasteiger partial charge in [0.25, 0.3) is 0 Å². The molecule has 3 rings (SSSR count). The van der Waals surface area contributed by atoms with Crippen LogP contribution in [0, 0.1) is 5.82 Å². The third kappa shape index (κ3) is 3.20. The second-order valence-corrected chi connectivity index (χ2v) is 4.51. The molecule has 2 nitrogen and oxygen atoms in total. The van der Waals surface area contributed by atoms with Gasteiger partial charge in [0.15, 0.2) is 5.75 Å². The summed E-state index contributed by atoms with van der Waals surface area (Å²) < 4.78 is 13.0. The first-order chi connectivity index (χ1) is 10.3. The van der Waals surface area contributed by atoms with Gasteiger partial charge in [-0.25, -0.2) is 4.39 Å². The second-order valence-electron chi connectivity index (χ2n) is 4.51. The second kappa shape index (κ2) is 6.09. The van der Waals surface area contributed by atoms with Crippen LogP contribution in [-0.2, 0) is 0 Å². The van der Waals surface area contributed by atoms with Crippen LogP contribution < -0.4 is 9.90 Å². The number of para-hydroxylation sites is 2. The van der Waals surface area contributed by atoms with E-state index in [0.717, 1.165) is 11.4 Å². The summed E-state index contributed by atoms with van der Waals surface area (Å²) >= 11 is 0. The maximum absolute atomic E-state index is 13.0. The molecule has 0 unspecified atom stereocenters. The monoisotopic (exact) mass is 279 g/mol. The number of hydrogen-bond acceptors (Lipinski definition) is 2. The minimum Gasteiger partial charge on any atom is -0.375 e. The van der Waals surface area contributed by atoms with E-state index < -0.39 is 0 Å². The van der Waals surface area contributed by atoms with Crippen LogP contribution >= 0.6 is 0 Å². The number of nitrogens with zero attached hydrogens (tertiary/aromatic N) is 1. The molecule has 3 heteroatoms. The van der Waals surface area contributed by atoms with Crippen molar-refractivity contribution in [2.75, 3.05) is 5.06 Å². The maximum Gasteiger partial charge on any atom is 0.156 e. The molecule has 0 aliphatic rings. The van der Waals surface area contributed by atoms with Crippen molar-refractivity contribution in [2.45, 2.75) is 0 Å². The fourth-order valence-corrected chi connectivity index (χ4v) is 1.98. The molecule has 0 bridgehead atoms. The largest absolute Gasteiger partial charge is 0.375 e. The fraction of sp³-hybridized carbons (Fsp3) is 0. The molecular weight excluding hydrogens is 265 g/mol. The third-order valence-electron chi connectivity index (χ3n) is 2.99. The van der Waals surface area contributed by atoms with Crippen LogP contribution in [0.25, 0.3) is 0 Å². The van der Waals surface area contributed by atoms with Gasteiger partial charge in [-0.15, -0.1) is 0 Å². The predicted octanol–water partition coefficient (Wildman–Crippen LogP) is 4.96. The lowest BCUT2D eigenvalue weighted by molar-refractivity contribution is 0.323. The van der Waals surface area contributed by atoms with Gasteiger partial charge in [0.05, 0.1) is 11.4 Å². The van der Waals surface area contributed by atoms with E-state index in [-0.39, 0.29) is 5.82 Å². The van der Waals surface area contributed by atoms with Crippen molar-refractivity contribution in [1.82, 2.24) is 0 Å². The van der Waals surface area contributed by atoms with E-state index in [4.69, 9.17) is 4.84 Å². The SMILES string of the molecule is Fc1ccc(ON(c2ccccc2)c2ccccc2)cc1. The molecule has 3 aromatic rings. The smallest absolute Gasteiger partial charge is 0.156 e. The van der Waals surface area contributed by atoms with Gasteiger partial charge >= 0.3 is 0 Å². The van der Waals surface area contributed by atoms with Crippen molar-refractivity contribution in [3.05, 3.63) is 90.7 Å². The van der Waals surface area contributed by atoms with E-state index >= 15 is 0 Å². The van der Waals surface area contributed by atoms with Gasteiger partial charge in [-0.2, -0.15) is 5.06 Å². The molecule has 0 aliphatic carbocycles. The lowest BCUT2D eigenvalue weighted by atomic mass is 10.2. The van der Waals surface area contributed by atoms with Crippen molar-refractivity contribution >= 4 is 11.4 Å². The van der Waals surface area contributed by atoms with E-state index in [0.29, 0.717) is 5.75 Å². The van der Waals surface area contributed by atoms with E-state index in [2.05, 4.69) is 0 Å². The summed E-state index contributed by atoms with van der Waals surface area (Å²) in [6.07, 6.45) is 0. The van der Waals surface area contributed by atoms with Crippen molar-refractivity contribution in [3.63, 3.8) is 0 Å². The molecule has 104 valence electrons. The zero-order chi connectivity index (χ0) is 14.5. The maximum atomic E-state index is 13.0. The highest BCUT2D eigenvalue weighted by atomic mass is 19.1. The lowest BCUT2D eigenvalue weighted by Gasteiger charge is -2.24. The van der Waals surface area contributed by atoms with Gasteiger partial charge in [0, 0.05) is 0 Å². The zero-order valence-corrected chi connectivity index (χ0v) is 11.3. The molecule has 0 fully saturated rings. The van der Waals surface area contributed by atoms with Gasteiger partial charge in [-0.3, -0.25) is 0 Å². The van der Waals surface area contributed by atoms with E-state index in [9.17, 15) is 4.39 Å². The molecule has 0 saturated carbocycles. The first kappa shape index (κ1) is 13.2. The Morgan fingerprint density at radius 3 is 1.57 bits per heavy atom. The van der Waals surface area contributed by atoms with Gasteiger partial charge in [-0.05, 0) is 48.5 Å². The molecule has 21 heavy (non-hydrogen) atoms. The van der Waals surface area contributed by atoms with Crippen molar-refractivity contribution < 1.29 is 9.23 Å². The number of hydrogen-bond donors (Lipinski definition) is 0. The standard InChI is InChI=1S/C18H14FNO/c19-15-11-13-18(14-12-15)21-20(16-7-3-1-4-8-16)17-9-5-2-6-10-17/h1-14H. The molecule has 3 aromatic carbocycles. The van der Waals surface area contributed by atoms with E-state index in [1.165, 1.54) is 12.1 Å². The molecule has 0 aromatic heterocycles. The molecular formula is C18H14FNO. The Labute approximate surface area is 123 Å². The van der Waals surface area contributed by atoms with Crippen LogP contribution in [0.2, 0.25) is 0 Å². The first-order valence-electron chi connectivity index (χ1n) is 6.67. The van der Waals surface area contributed by atoms with Crippen LogP contribution in [0.4, 0.5) is 15.8 Å². The number of halogens is 1. The lowest BCUT2D eigenvalue weighted by Crippen LogP contribution is -2.21. The van der Waals surface area contributed by atoms with Gasteiger partial charge in [0.1, 0.15) is 5.82 Å². The molecule has 0 radical (unpaired) electrons. The minimum atomic E-state index is -0.284. The third-order valence-corrected chi connectivity index (χ3v) is 2.99. The van der Waals surface area contributed by atoms with Crippen LogP contribution in [-0.4, -0.2) is 0 Å². The van der Waals surface area contributed by atoms with Crippen LogP contribution in [0.3, 0.4) is 0 Å². The van der Waals surface area contributed by atoms with Crippen molar-refractivity contribution in [3.8, 4) is 5.75 Å². The quantitative estimate of drug-likeness (QED) is 0.626. The van der Waals surface area contributed by atoms with Gasteiger partial charge < -0.3 is 4.84 Å². The van der Waals surface area contributed by atoms with E-state index in [1.54, 1.807) is 17.2 Å². The highest BCUT2D eigenvalue weighted by Crippen LogP contribution is 2.27. The zero-order valence-electron chi connectivity index (χ0n) is 11.3. The molecule has 0 atom stereocenters. The average molecular weight is 279 g/mol. The summed E-state index contributed by atoms with van der Waals surface area (Å²) in [5.41, 5.74) is 1.79. The number of benzene rings is 3. The van der Waals surface area contributed by atoms with Crippen LogP contribution in [0.5, 0.6) is 5.75 Å². The molecule has 0 amide bonds. The Hall–Kier alpha value is -2.81. The average Bonchev–Trinajstić information content (AvgIpc) is 2.56. The first-order valence-corrected chi connectivity index (χ1v) is 6.67. The Bertz CT molecular complexity index is 644. The summed E-state index contributed by atoms with van der Waals surface area (Å²) in [6.45, 7) is 0. The summed E-state index contributed by atoms with van der Waals surface area (Å²) in [7, 11) is 0. The highest BCUT2D eigenvalue weighted by molar-refractivity contribution is 5.60. The van der Waals surface area contributed by atoms with Crippen molar-refractivity contribution in [1.29, 1.82) is 0 Å². The van der Waals surface area contributed by atoms with Crippen LogP contribution in [0.1, 0.15) is 0 Å². The topological polar surface area (TPSA) is 12.5 Å². The Kier molecular flexibility index (Phi) is 3.83. The Morgan fingerprint density at radius 2 is 1.10 bits per heavy atom. The summed E-state index contributed by atoms with van der Waals surface area (Å²) in [4.78, 5) is 5.91. The normalized spacial score (nSPS) is 10.1. The number of rotatable bonds is 4. The molecule has 0 saturated heterocycles. The Balaban J connectivity index is 1.95. The minimum absolute atomic E-state index is 0.284. The molecule has 0 spiro atoms. The van der Waals surface area contributed by atoms with Gasteiger partial charge in [-0.1, -0.05) is 36.4 Å². The molecule has 0 aliphatic heterocycles. The Morgan fingerprint density at radius 1 is 0.619 bits per heavy atom. The van der Waals surface area contributed by atoms with Crippen LogP contribution in [0.15, 0.2) is 84.9 Å². The summed E-state index contributed by atoms with van der Waals surface area (Å²) in [5.74, 6) is 0.289. The number of anilines is 2. The summed E-state index contributed by atoms with van der Waals surface area (Å²) in [5, 5.41) is 1.72. The highest BCUT2D eigenvalue weighted by Gasteiger charge is 2.11.